The lowest BCUT2D eigenvalue weighted by atomic mass is 10.1. The molecule has 0 aliphatic rings. The second-order valence-electron chi connectivity index (χ2n) is 7.08. The Morgan fingerprint density at radius 1 is 1.31 bits per heavy atom. The van der Waals surface area contributed by atoms with E-state index in [4.69, 9.17) is 11.6 Å². The van der Waals surface area contributed by atoms with Crippen molar-refractivity contribution in [1.82, 2.24) is 19.5 Å². The van der Waals surface area contributed by atoms with E-state index >= 15 is 0 Å². The van der Waals surface area contributed by atoms with E-state index in [-0.39, 0.29) is 33.6 Å². The first-order valence-corrected chi connectivity index (χ1v) is 10.7. The number of fused-ring (bicyclic) bond motifs is 1. The molecule has 0 bridgehead atoms. The number of hydrogen-bond acceptors (Lipinski definition) is 7. The molecule has 32 heavy (non-hydrogen) atoms. The number of pyridine rings is 2. The van der Waals surface area contributed by atoms with E-state index in [0.29, 0.717) is 15.8 Å². The number of carbonyl (C=O) groups is 1. The average molecular weight is 474 g/mol. The molecule has 0 fully saturated rings. The van der Waals surface area contributed by atoms with Crippen molar-refractivity contribution in [2.45, 2.75) is 19.9 Å². The number of carboxylic acids is 1. The van der Waals surface area contributed by atoms with Crippen LogP contribution in [0, 0.1) is 12.7 Å². The van der Waals surface area contributed by atoms with Crippen LogP contribution in [0.25, 0.3) is 21.7 Å². The Labute approximate surface area is 190 Å². The van der Waals surface area contributed by atoms with E-state index in [1.807, 2.05) is 13.8 Å². The zero-order chi connectivity index (χ0) is 23.2. The monoisotopic (exact) mass is 473 g/mol. The highest BCUT2D eigenvalue weighted by Crippen LogP contribution is 2.35. The average Bonchev–Trinajstić information content (AvgIpc) is 3.08. The van der Waals surface area contributed by atoms with Gasteiger partial charge in [0.1, 0.15) is 15.5 Å². The molecule has 1 atom stereocenters. The highest BCUT2D eigenvalue weighted by molar-refractivity contribution is 7.19. The van der Waals surface area contributed by atoms with E-state index < -0.39 is 17.8 Å². The molecular formula is C21H17ClFN5O3S. The number of nitrogens with one attached hydrogen (secondary N) is 1. The van der Waals surface area contributed by atoms with Gasteiger partial charge in [-0.2, -0.15) is 0 Å². The molecule has 0 saturated carbocycles. The topological polar surface area (TPSA) is 110 Å². The fourth-order valence-electron chi connectivity index (χ4n) is 3.52. The summed E-state index contributed by atoms with van der Waals surface area (Å²) in [6.45, 7) is 3.66. The Morgan fingerprint density at radius 3 is 2.75 bits per heavy atom. The van der Waals surface area contributed by atoms with Gasteiger partial charge in [0.15, 0.2) is 17.3 Å². The number of hydrogen-bond donors (Lipinski definition) is 2. The lowest BCUT2D eigenvalue weighted by Crippen LogP contribution is -2.20. The molecular weight excluding hydrogens is 457 g/mol. The molecule has 4 rings (SSSR count). The normalized spacial score (nSPS) is 12.2. The number of nitrogens with zero attached hydrogens (tertiary/aromatic N) is 4. The number of thiophene rings is 1. The molecule has 11 heteroatoms. The third kappa shape index (κ3) is 3.71. The van der Waals surface area contributed by atoms with Crippen molar-refractivity contribution >= 4 is 44.8 Å². The number of carboxylic acid groups (broad SMARTS) is 1. The highest BCUT2D eigenvalue weighted by atomic mass is 35.5. The minimum Gasteiger partial charge on any atom is -0.476 e. The van der Waals surface area contributed by atoms with Crippen LogP contribution in [0.3, 0.4) is 0 Å². The van der Waals surface area contributed by atoms with Gasteiger partial charge in [0, 0.05) is 23.7 Å². The predicted octanol–water partition coefficient (Wildman–Crippen LogP) is 4.42. The van der Waals surface area contributed by atoms with Gasteiger partial charge in [0.2, 0.25) is 0 Å². The maximum Gasteiger partial charge on any atom is 0.356 e. The molecule has 1 unspecified atom stereocenters. The van der Waals surface area contributed by atoms with E-state index in [0.717, 1.165) is 4.88 Å². The second kappa shape index (κ2) is 8.29. The number of rotatable bonds is 5. The fraction of sp³-hybridized carbons (Fsp3) is 0.190. The van der Waals surface area contributed by atoms with E-state index in [1.54, 1.807) is 0 Å². The van der Waals surface area contributed by atoms with Crippen molar-refractivity contribution in [3.8, 4) is 11.5 Å². The Kier molecular flexibility index (Phi) is 5.66. The number of halogens is 2. The van der Waals surface area contributed by atoms with Gasteiger partial charge >= 0.3 is 5.97 Å². The quantitative estimate of drug-likeness (QED) is 0.413. The van der Waals surface area contributed by atoms with Crippen molar-refractivity contribution < 1.29 is 14.3 Å². The Balaban J connectivity index is 1.87. The molecule has 0 aromatic carbocycles. The van der Waals surface area contributed by atoms with Gasteiger partial charge < -0.3 is 10.4 Å². The van der Waals surface area contributed by atoms with Crippen molar-refractivity contribution in [2.75, 3.05) is 5.32 Å². The first-order chi connectivity index (χ1) is 15.2. The summed E-state index contributed by atoms with van der Waals surface area (Å²) in [6.07, 6.45) is 1.43. The number of anilines is 1. The van der Waals surface area contributed by atoms with Gasteiger partial charge in [-0.25, -0.2) is 24.1 Å². The summed E-state index contributed by atoms with van der Waals surface area (Å²) in [7, 11) is 1.52. The Hall–Kier alpha value is -3.37. The van der Waals surface area contributed by atoms with Crippen LogP contribution in [0.4, 0.5) is 10.1 Å². The Morgan fingerprint density at radius 2 is 2.06 bits per heavy atom. The summed E-state index contributed by atoms with van der Waals surface area (Å²) >= 11 is 7.11. The molecule has 4 aromatic heterocycles. The lowest BCUT2D eigenvalue weighted by molar-refractivity contribution is 0.0691. The second-order valence-corrected chi connectivity index (χ2v) is 8.70. The van der Waals surface area contributed by atoms with Crippen LogP contribution in [-0.2, 0) is 7.05 Å². The molecule has 8 nitrogen and oxygen atoms in total. The molecule has 2 N–H and O–H groups in total. The largest absolute Gasteiger partial charge is 0.476 e. The van der Waals surface area contributed by atoms with Crippen LogP contribution in [0.2, 0.25) is 5.15 Å². The van der Waals surface area contributed by atoms with Gasteiger partial charge in [0.25, 0.3) is 5.56 Å². The summed E-state index contributed by atoms with van der Waals surface area (Å²) in [5.74, 6) is -1.72. The van der Waals surface area contributed by atoms with Crippen LogP contribution in [-0.4, -0.2) is 30.6 Å². The van der Waals surface area contributed by atoms with E-state index in [2.05, 4.69) is 20.3 Å². The number of aryl methyl sites for hydroxylation is 1. The minimum atomic E-state index is -1.23. The smallest absolute Gasteiger partial charge is 0.356 e. The Bertz CT molecular complexity index is 1440. The summed E-state index contributed by atoms with van der Waals surface area (Å²) < 4.78 is 16.1. The zero-order valence-corrected chi connectivity index (χ0v) is 18.8. The van der Waals surface area contributed by atoms with Gasteiger partial charge in [0.05, 0.1) is 17.2 Å². The van der Waals surface area contributed by atoms with Crippen LogP contribution >= 0.6 is 22.9 Å². The van der Waals surface area contributed by atoms with E-state index in [9.17, 15) is 19.1 Å². The summed E-state index contributed by atoms with van der Waals surface area (Å²) in [4.78, 5) is 37.9. The third-order valence-corrected chi connectivity index (χ3v) is 6.29. The fourth-order valence-corrected chi connectivity index (χ4v) is 4.84. The molecule has 0 radical (unpaired) electrons. The molecule has 0 aliphatic carbocycles. The van der Waals surface area contributed by atoms with Crippen molar-refractivity contribution in [1.29, 1.82) is 0 Å². The van der Waals surface area contributed by atoms with Crippen molar-refractivity contribution in [3.05, 3.63) is 67.9 Å². The molecule has 0 aliphatic heterocycles. The van der Waals surface area contributed by atoms with Gasteiger partial charge in [-0.1, -0.05) is 11.6 Å². The van der Waals surface area contributed by atoms with Crippen molar-refractivity contribution in [3.63, 3.8) is 0 Å². The number of aromatic carboxylic acids is 1. The SMILES string of the molecule is Cc1sc2c(=O)n(C)c(-c3ncccc3F)nc2c1C(C)Nc1ccc(Cl)nc1C(=O)O. The molecule has 0 spiro atoms. The minimum absolute atomic E-state index is 0.0283. The predicted molar refractivity (Wildman–Crippen MR) is 121 cm³/mol. The molecule has 4 aromatic rings. The van der Waals surface area contributed by atoms with Crippen LogP contribution in [0.1, 0.15) is 33.9 Å². The first-order valence-electron chi connectivity index (χ1n) is 9.46. The summed E-state index contributed by atoms with van der Waals surface area (Å²) in [5.41, 5.74) is 0.816. The zero-order valence-electron chi connectivity index (χ0n) is 17.2. The highest BCUT2D eigenvalue weighted by Gasteiger charge is 2.24. The maximum absolute atomic E-state index is 14.4. The number of aromatic nitrogens is 4. The van der Waals surface area contributed by atoms with Gasteiger partial charge in [-0.3, -0.25) is 9.36 Å². The van der Waals surface area contributed by atoms with Crippen LogP contribution < -0.4 is 10.9 Å². The van der Waals surface area contributed by atoms with Gasteiger partial charge in [-0.15, -0.1) is 11.3 Å². The summed E-state index contributed by atoms with van der Waals surface area (Å²) in [6, 6.07) is 5.29. The molecule has 0 saturated heterocycles. The standard InChI is InChI=1S/C21H17ClFN5O3S/c1-9(25-12-6-7-13(22)26-16(12)21(30)31)14-10(2)32-18-17(14)27-19(28(3)20(18)29)15-11(23)5-4-8-24-15/h4-9,25H,1-3H3,(H,30,31). The maximum atomic E-state index is 14.4. The van der Waals surface area contributed by atoms with Crippen LogP contribution in [0.5, 0.6) is 0 Å². The first kappa shape index (κ1) is 21.8. The lowest BCUT2D eigenvalue weighted by Gasteiger charge is -2.17. The van der Waals surface area contributed by atoms with Crippen LogP contribution in [0.15, 0.2) is 35.3 Å². The van der Waals surface area contributed by atoms with Gasteiger partial charge in [-0.05, 0) is 38.1 Å². The molecule has 0 amide bonds. The summed E-state index contributed by atoms with van der Waals surface area (Å²) in [5, 5.41) is 12.6. The van der Waals surface area contributed by atoms with E-state index in [1.165, 1.54) is 53.4 Å². The molecule has 4 heterocycles. The molecule has 164 valence electrons. The third-order valence-electron chi connectivity index (χ3n) is 4.98. The van der Waals surface area contributed by atoms with Crippen molar-refractivity contribution in [2.24, 2.45) is 7.05 Å².